The summed E-state index contributed by atoms with van der Waals surface area (Å²) in [6, 6.07) is 27.5. The van der Waals surface area contributed by atoms with Crippen molar-refractivity contribution in [3.05, 3.63) is 130 Å². The fourth-order valence-corrected chi connectivity index (χ4v) is 5.66. The summed E-state index contributed by atoms with van der Waals surface area (Å²) in [5.41, 5.74) is 2.60. The second kappa shape index (κ2) is 11.5. The highest BCUT2D eigenvalue weighted by molar-refractivity contribution is 7.89. The van der Waals surface area contributed by atoms with E-state index in [0.717, 1.165) is 16.7 Å². The van der Waals surface area contributed by atoms with Crippen LogP contribution in [-0.4, -0.2) is 20.4 Å². The Labute approximate surface area is 236 Å². The van der Waals surface area contributed by atoms with Crippen molar-refractivity contribution in [2.24, 2.45) is 0 Å². The zero-order valence-corrected chi connectivity index (χ0v) is 22.9. The fraction of sp³-hybridized carbons (Fsp3) is 0.0968. The van der Waals surface area contributed by atoms with Crippen LogP contribution in [-0.2, 0) is 21.2 Å². The van der Waals surface area contributed by atoms with E-state index in [1.807, 2.05) is 43.3 Å². The van der Waals surface area contributed by atoms with E-state index in [2.05, 4.69) is 4.72 Å². The summed E-state index contributed by atoms with van der Waals surface area (Å²) in [6.07, 6.45) is 0.0310. The summed E-state index contributed by atoms with van der Waals surface area (Å²) in [4.78, 5) is 25.8. The number of rotatable bonds is 8. The molecule has 1 N–H and O–H groups in total. The minimum absolute atomic E-state index is 0.0166. The van der Waals surface area contributed by atoms with Crippen LogP contribution in [0.5, 0.6) is 5.75 Å². The number of hydrogen-bond donors (Lipinski definition) is 1. The van der Waals surface area contributed by atoms with Gasteiger partial charge in [0.25, 0.3) is 0 Å². The molecule has 4 aromatic carbocycles. The average Bonchev–Trinajstić information content (AvgIpc) is 2.94. The molecular formula is C31H24ClNO6S. The molecule has 1 aromatic heterocycles. The van der Waals surface area contributed by atoms with E-state index in [-0.39, 0.29) is 27.7 Å². The summed E-state index contributed by atoms with van der Waals surface area (Å²) in [5, 5.41) is 0.642. The molecule has 0 amide bonds. The van der Waals surface area contributed by atoms with Crippen molar-refractivity contribution < 1.29 is 22.4 Å². The van der Waals surface area contributed by atoms with Gasteiger partial charge < -0.3 is 9.15 Å². The van der Waals surface area contributed by atoms with Gasteiger partial charge in [-0.25, -0.2) is 18.0 Å². The number of ether oxygens (including phenoxy) is 1. The average molecular weight is 574 g/mol. The van der Waals surface area contributed by atoms with Gasteiger partial charge in [-0.05, 0) is 48.2 Å². The monoisotopic (exact) mass is 573 g/mol. The van der Waals surface area contributed by atoms with Crippen molar-refractivity contribution in [1.82, 2.24) is 4.72 Å². The normalized spacial score (nSPS) is 12.2. The van der Waals surface area contributed by atoms with Crippen LogP contribution < -0.4 is 15.1 Å². The molecule has 1 atom stereocenters. The Morgan fingerprint density at radius 1 is 0.925 bits per heavy atom. The number of hydrogen-bond acceptors (Lipinski definition) is 6. The molecule has 0 radical (unpaired) electrons. The molecule has 0 aliphatic carbocycles. The molecule has 5 rings (SSSR count). The van der Waals surface area contributed by atoms with Gasteiger partial charge in [-0.1, -0.05) is 90.0 Å². The number of sulfonamides is 1. The molecule has 9 heteroatoms. The van der Waals surface area contributed by atoms with Gasteiger partial charge in [-0.15, -0.1) is 0 Å². The summed E-state index contributed by atoms with van der Waals surface area (Å²) in [5.74, 6) is -0.942. The van der Waals surface area contributed by atoms with Crippen molar-refractivity contribution in [3.8, 4) is 16.9 Å². The van der Waals surface area contributed by atoms with Crippen LogP contribution >= 0.6 is 11.6 Å². The lowest BCUT2D eigenvalue weighted by atomic mass is 10.0. The van der Waals surface area contributed by atoms with E-state index in [4.69, 9.17) is 20.8 Å². The number of nitrogens with one attached hydrogen (secondary N) is 1. The summed E-state index contributed by atoms with van der Waals surface area (Å²) in [6.45, 7) is 1.84. The van der Waals surface area contributed by atoms with Gasteiger partial charge >= 0.3 is 11.6 Å². The van der Waals surface area contributed by atoms with Crippen molar-refractivity contribution >= 4 is 38.6 Å². The van der Waals surface area contributed by atoms with Crippen molar-refractivity contribution in [1.29, 1.82) is 0 Å². The number of carbonyl (C=O) groups excluding carboxylic acids is 1. The van der Waals surface area contributed by atoms with E-state index in [1.54, 1.807) is 42.5 Å². The lowest BCUT2D eigenvalue weighted by Crippen LogP contribution is -2.44. The molecule has 0 saturated carbocycles. The first-order chi connectivity index (χ1) is 19.2. The molecule has 7 nitrogen and oxygen atoms in total. The first kappa shape index (κ1) is 27.3. The van der Waals surface area contributed by atoms with Gasteiger partial charge in [-0.3, -0.25) is 0 Å². The third-order valence-electron chi connectivity index (χ3n) is 6.29. The summed E-state index contributed by atoms with van der Waals surface area (Å²) < 4.78 is 39.8. The van der Waals surface area contributed by atoms with Gasteiger partial charge in [0.15, 0.2) is 5.75 Å². The van der Waals surface area contributed by atoms with Crippen molar-refractivity contribution in [2.75, 3.05) is 0 Å². The highest BCUT2D eigenvalue weighted by Crippen LogP contribution is 2.35. The van der Waals surface area contributed by atoms with E-state index in [9.17, 15) is 18.0 Å². The molecule has 0 spiro atoms. The highest BCUT2D eigenvalue weighted by Gasteiger charge is 2.28. The first-order valence-corrected chi connectivity index (χ1v) is 14.2. The summed E-state index contributed by atoms with van der Waals surface area (Å²) >= 11 is 6.52. The molecule has 1 heterocycles. The Kier molecular flexibility index (Phi) is 7.84. The maximum Gasteiger partial charge on any atom is 0.336 e. The van der Waals surface area contributed by atoms with Gasteiger partial charge in [0.1, 0.15) is 11.6 Å². The number of fused-ring (bicyclic) bond motifs is 1. The molecule has 0 unspecified atom stereocenters. The number of benzene rings is 4. The molecular weight excluding hydrogens is 550 g/mol. The molecule has 0 fully saturated rings. The third kappa shape index (κ3) is 6.15. The molecule has 40 heavy (non-hydrogen) atoms. The lowest BCUT2D eigenvalue weighted by Gasteiger charge is -2.19. The third-order valence-corrected chi connectivity index (χ3v) is 8.07. The smallest absolute Gasteiger partial charge is 0.336 e. The van der Waals surface area contributed by atoms with Gasteiger partial charge in [-0.2, -0.15) is 4.72 Å². The Bertz CT molecular complexity index is 1840. The molecule has 202 valence electrons. The molecule has 0 bridgehead atoms. The van der Waals surface area contributed by atoms with Crippen LogP contribution in [0, 0.1) is 6.92 Å². The number of aryl methyl sites for hydroxylation is 1. The topological polar surface area (TPSA) is 103 Å². The van der Waals surface area contributed by atoms with Crippen LogP contribution in [0.1, 0.15) is 11.1 Å². The molecule has 5 aromatic rings. The molecule has 0 aliphatic heterocycles. The standard InChI is InChI=1S/C31H24ClNO6S/c1-20-12-14-23(15-13-20)40(36,37)33-27(16-21-8-4-2-5-9-21)31(35)39-29-19-28-25(17-26(29)32)24(18-30(34)38-28)22-10-6-3-7-11-22/h2-15,17-19,27,33H,16H2,1H3/t27-/m1/s1. The van der Waals surface area contributed by atoms with Crippen LogP contribution in [0.15, 0.2) is 117 Å². The fourth-order valence-electron chi connectivity index (χ4n) is 4.27. The Hall–Kier alpha value is -4.24. The van der Waals surface area contributed by atoms with E-state index in [1.165, 1.54) is 24.3 Å². The van der Waals surface area contributed by atoms with Crippen molar-refractivity contribution in [2.45, 2.75) is 24.3 Å². The first-order valence-electron chi connectivity index (χ1n) is 12.4. The Morgan fingerprint density at radius 2 is 1.57 bits per heavy atom. The largest absolute Gasteiger partial charge is 0.424 e. The zero-order valence-electron chi connectivity index (χ0n) is 21.3. The second-order valence-corrected chi connectivity index (χ2v) is 11.3. The minimum atomic E-state index is -4.06. The maximum absolute atomic E-state index is 13.4. The SMILES string of the molecule is Cc1ccc(S(=O)(=O)N[C@H](Cc2ccccc2)C(=O)Oc2cc3oc(=O)cc(-c4ccccc4)c3cc2Cl)cc1. The zero-order chi connectivity index (χ0) is 28.3. The van der Waals surface area contributed by atoms with E-state index in [0.29, 0.717) is 10.9 Å². The number of carbonyl (C=O) groups is 1. The predicted octanol–water partition coefficient (Wildman–Crippen LogP) is 5.92. The van der Waals surface area contributed by atoms with Crippen LogP contribution in [0.2, 0.25) is 5.02 Å². The minimum Gasteiger partial charge on any atom is -0.424 e. The van der Waals surface area contributed by atoms with Crippen molar-refractivity contribution in [3.63, 3.8) is 0 Å². The van der Waals surface area contributed by atoms with Gasteiger partial charge in [0.2, 0.25) is 10.0 Å². The molecule has 0 aliphatic rings. The quantitative estimate of drug-likeness (QED) is 0.140. The van der Waals surface area contributed by atoms with Crippen LogP contribution in [0.4, 0.5) is 0 Å². The Balaban J connectivity index is 1.49. The molecule has 0 saturated heterocycles. The summed E-state index contributed by atoms with van der Waals surface area (Å²) in [7, 11) is -4.06. The van der Waals surface area contributed by atoms with Crippen LogP contribution in [0.25, 0.3) is 22.1 Å². The predicted molar refractivity (Wildman–Crippen MR) is 154 cm³/mol. The van der Waals surface area contributed by atoms with E-state index >= 15 is 0 Å². The highest BCUT2D eigenvalue weighted by atomic mass is 35.5. The Morgan fingerprint density at radius 3 is 2.25 bits per heavy atom. The second-order valence-electron chi connectivity index (χ2n) is 9.22. The van der Waals surface area contributed by atoms with Gasteiger partial charge in [0, 0.05) is 17.5 Å². The maximum atomic E-state index is 13.4. The number of esters is 1. The lowest BCUT2D eigenvalue weighted by molar-refractivity contribution is -0.136. The van der Waals surface area contributed by atoms with Crippen LogP contribution in [0.3, 0.4) is 0 Å². The van der Waals surface area contributed by atoms with Gasteiger partial charge in [0.05, 0.1) is 9.92 Å². The van der Waals surface area contributed by atoms with E-state index < -0.39 is 27.7 Å². The number of halogens is 1.